The molecule has 0 spiro atoms. The summed E-state index contributed by atoms with van der Waals surface area (Å²) in [6, 6.07) is 0. The first-order valence-corrected chi connectivity index (χ1v) is 4.86. The fraction of sp³-hybridized carbons (Fsp3) is 0.857. The number of thioether (sulfide) groups is 1. The predicted octanol–water partition coefficient (Wildman–Crippen LogP) is 1.12. The van der Waals surface area contributed by atoms with Crippen LogP contribution in [0.1, 0.15) is 13.3 Å². The third-order valence-electron chi connectivity index (χ3n) is 1.48. The molecule has 0 aromatic carbocycles. The molecule has 1 amide bonds. The van der Waals surface area contributed by atoms with Gasteiger partial charge in [0.15, 0.2) is 0 Å². The molecule has 0 heterocycles. The molecule has 3 heteroatoms. The van der Waals surface area contributed by atoms with Gasteiger partial charge in [0, 0.05) is 18.7 Å². The summed E-state index contributed by atoms with van der Waals surface area (Å²) in [5, 5.41) is 2.65. The molecule has 2 nitrogen and oxygen atoms in total. The Kier molecular flexibility index (Phi) is 5.49. The van der Waals surface area contributed by atoms with Crippen LogP contribution in [-0.4, -0.2) is 25.0 Å². The first-order valence-electron chi connectivity index (χ1n) is 3.46. The van der Waals surface area contributed by atoms with Crippen LogP contribution in [0.4, 0.5) is 0 Å². The van der Waals surface area contributed by atoms with Crippen LogP contribution in [0.15, 0.2) is 0 Å². The summed E-state index contributed by atoms with van der Waals surface area (Å²) >= 11 is 1.72. The second-order valence-corrected chi connectivity index (χ2v) is 3.09. The highest BCUT2D eigenvalue weighted by Crippen LogP contribution is 2.08. The van der Waals surface area contributed by atoms with E-state index in [9.17, 15) is 4.79 Å². The number of nitrogens with one attached hydrogen (secondary N) is 1. The van der Waals surface area contributed by atoms with E-state index < -0.39 is 0 Å². The summed E-state index contributed by atoms with van der Waals surface area (Å²) in [7, 11) is 1.69. The van der Waals surface area contributed by atoms with Gasteiger partial charge >= 0.3 is 0 Å². The van der Waals surface area contributed by atoms with E-state index in [-0.39, 0.29) is 11.8 Å². The average molecular weight is 161 g/mol. The molecule has 0 aliphatic rings. The van der Waals surface area contributed by atoms with E-state index >= 15 is 0 Å². The first-order chi connectivity index (χ1) is 4.76. The molecule has 0 aromatic rings. The van der Waals surface area contributed by atoms with Gasteiger partial charge in [0.1, 0.15) is 0 Å². The van der Waals surface area contributed by atoms with Crippen molar-refractivity contribution in [1.82, 2.24) is 5.32 Å². The lowest BCUT2D eigenvalue weighted by atomic mass is 10.1. The molecule has 0 saturated carbocycles. The van der Waals surface area contributed by atoms with Crippen LogP contribution in [0.25, 0.3) is 0 Å². The molecule has 60 valence electrons. The van der Waals surface area contributed by atoms with E-state index in [2.05, 4.69) is 5.32 Å². The zero-order chi connectivity index (χ0) is 7.98. The van der Waals surface area contributed by atoms with Crippen molar-refractivity contribution in [2.45, 2.75) is 13.3 Å². The summed E-state index contributed by atoms with van der Waals surface area (Å²) in [5.74, 6) is 1.28. The smallest absolute Gasteiger partial charge is 0.223 e. The van der Waals surface area contributed by atoms with Crippen molar-refractivity contribution in [1.29, 1.82) is 0 Å². The number of rotatable bonds is 4. The second-order valence-electron chi connectivity index (χ2n) is 2.17. The Morgan fingerprint density at radius 3 is 2.60 bits per heavy atom. The van der Waals surface area contributed by atoms with E-state index in [4.69, 9.17) is 0 Å². The van der Waals surface area contributed by atoms with Crippen LogP contribution < -0.4 is 5.32 Å². The van der Waals surface area contributed by atoms with E-state index in [0.29, 0.717) is 0 Å². The SMILES string of the molecule is CCC(CSC)C(=O)NC. The van der Waals surface area contributed by atoms with E-state index in [1.165, 1.54) is 0 Å². The van der Waals surface area contributed by atoms with Gasteiger partial charge in [0.25, 0.3) is 0 Å². The van der Waals surface area contributed by atoms with E-state index in [1.54, 1.807) is 18.8 Å². The maximum atomic E-state index is 11.0. The van der Waals surface area contributed by atoms with Gasteiger partial charge < -0.3 is 5.32 Å². The summed E-state index contributed by atoms with van der Waals surface area (Å²) in [4.78, 5) is 11.0. The van der Waals surface area contributed by atoms with Gasteiger partial charge in [-0.05, 0) is 12.7 Å². The minimum absolute atomic E-state index is 0.164. The average Bonchev–Trinajstić information content (AvgIpc) is 1.99. The predicted molar refractivity (Wildman–Crippen MR) is 46.2 cm³/mol. The Labute approximate surface area is 66.8 Å². The molecule has 10 heavy (non-hydrogen) atoms. The van der Waals surface area contributed by atoms with Gasteiger partial charge in [0.05, 0.1) is 0 Å². The fourth-order valence-corrected chi connectivity index (χ4v) is 1.57. The zero-order valence-electron chi connectivity index (χ0n) is 6.81. The van der Waals surface area contributed by atoms with Gasteiger partial charge in [-0.1, -0.05) is 6.92 Å². The van der Waals surface area contributed by atoms with E-state index in [0.717, 1.165) is 12.2 Å². The molecule has 0 aliphatic carbocycles. The Bertz CT molecular complexity index is 106. The summed E-state index contributed by atoms with van der Waals surface area (Å²) in [6.45, 7) is 2.04. The van der Waals surface area contributed by atoms with Crippen molar-refractivity contribution < 1.29 is 4.79 Å². The van der Waals surface area contributed by atoms with Crippen LogP contribution in [0.3, 0.4) is 0 Å². The van der Waals surface area contributed by atoms with Gasteiger partial charge in [-0.25, -0.2) is 0 Å². The largest absolute Gasteiger partial charge is 0.359 e. The van der Waals surface area contributed by atoms with Crippen molar-refractivity contribution in [2.24, 2.45) is 5.92 Å². The van der Waals surface area contributed by atoms with Crippen LogP contribution in [0.2, 0.25) is 0 Å². The van der Waals surface area contributed by atoms with Gasteiger partial charge in [-0.15, -0.1) is 0 Å². The third kappa shape index (κ3) is 3.11. The molecule has 1 unspecified atom stereocenters. The maximum Gasteiger partial charge on any atom is 0.223 e. The molecule has 0 rings (SSSR count). The molecular weight excluding hydrogens is 146 g/mol. The lowest BCUT2D eigenvalue weighted by Crippen LogP contribution is -2.28. The second kappa shape index (κ2) is 5.59. The monoisotopic (exact) mass is 161 g/mol. The minimum atomic E-state index is 0.164. The summed E-state index contributed by atoms with van der Waals surface area (Å²) in [5.41, 5.74) is 0. The van der Waals surface area contributed by atoms with Crippen LogP contribution in [-0.2, 0) is 4.79 Å². The number of carbonyl (C=O) groups excluding carboxylic acids is 1. The van der Waals surface area contributed by atoms with Crippen LogP contribution >= 0.6 is 11.8 Å². The lowest BCUT2D eigenvalue weighted by molar-refractivity contribution is -0.123. The first kappa shape index (κ1) is 9.82. The molecular formula is C7H15NOS. The van der Waals surface area contributed by atoms with Crippen molar-refractivity contribution in [3.8, 4) is 0 Å². The van der Waals surface area contributed by atoms with Gasteiger partial charge in [0.2, 0.25) is 5.91 Å². The van der Waals surface area contributed by atoms with Crippen molar-refractivity contribution in [2.75, 3.05) is 19.1 Å². The van der Waals surface area contributed by atoms with Crippen molar-refractivity contribution in [3.05, 3.63) is 0 Å². The molecule has 0 aromatic heterocycles. The number of carbonyl (C=O) groups is 1. The maximum absolute atomic E-state index is 11.0. The number of hydrogen-bond acceptors (Lipinski definition) is 2. The molecule has 0 aliphatic heterocycles. The molecule has 0 radical (unpaired) electrons. The number of amides is 1. The molecule has 0 fully saturated rings. The standard InChI is InChI=1S/C7H15NOS/c1-4-6(5-10-3)7(9)8-2/h6H,4-5H2,1-3H3,(H,8,9). The normalized spacial score (nSPS) is 12.7. The topological polar surface area (TPSA) is 29.1 Å². The minimum Gasteiger partial charge on any atom is -0.359 e. The molecule has 1 atom stereocenters. The van der Waals surface area contributed by atoms with Gasteiger partial charge in [-0.3, -0.25) is 4.79 Å². The van der Waals surface area contributed by atoms with Crippen LogP contribution in [0, 0.1) is 5.92 Å². The van der Waals surface area contributed by atoms with Crippen molar-refractivity contribution in [3.63, 3.8) is 0 Å². The van der Waals surface area contributed by atoms with E-state index in [1.807, 2.05) is 13.2 Å². The molecule has 0 saturated heterocycles. The summed E-state index contributed by atoms with van der Waals surface area (Å²) in [6.07, 6.45) is 2.95. The summed E-state index contributed by atoms with van der Waals surface area (Å²) < 4.78 is 0. The highest BCUT2D eigenvalue weighted by Gasteiger charge is 2.12. The Balaban J connectivity index is 3.68. The van der Waals surface area contributed by atoms with Gasteiger partial charge in [-0.2, -0.15) is 11.8 Å². The quantitative estimate of drug-likeness (QED) is 0.669. The highest BCUT2D eigenvalue weighted by atomic mass is 32.2. The highest BCUT2D eigenvalue weighted by molar-refractivity contribution is 7.98. The van der Waals surface area contributed by atoms with Crippen LogP contribution in [0.5, 0.6) is 0 Å². The molecule has 0 bridgehead atoms. The fourth-order valence-electron chi connectivity index (χ4n) is 0.784. The third-order valence-corrected chi connectivity index (χ3v) is 2.21. The Hall–Kier alpha value is -0.180. The lowest BCUT2D eigenvalue weighted by Gasteiger charge is -2.10. The van der Waals surface area contributed by atoms with Crippen molar-refractivity contribution >= 4 is 17.7 Å². The number of hydrogen-bond donors (Lipinski definition) is 1. The molecule has 1 N–H and O–H groups in total. The zero-order valence-corrected chi connectivity index (χ0v) is 7.62. The Morgan fingerprint density at radius 1 is 1.70 bits per heavy atom. The Morgan fingerprint density at radius 2 is 2.30 bits per heavy atom.